The van der Waals surface area contributed by atoms with Crippen LogP contribution in [0.2, 0.25) is 0 Å². The van der Waals surface area contributed by atoms with Crippen molar-refractivity contribution < 1.29 is 9.53 Å². The van der Waals surface area contributed by atoms with Crippen LogP contribution < -0.4 is 5.56 Å². The van der Waals surface area contributed by atoms with Crippen molar-refractivity contribution in [2.24, 2.45) is 0 Å². The lowest BCUT2D eigenvalue weighted by Crippen LogP contribution is -2.49. The summed E-state index contributed by atoms with van der Waals surface area (Å²) in [7, 11) is 0. The number of nitrogens with zero attached hydrogens (tertiary/aromatic N) is 6. The smallest absolute Gasteiger partial charge is 0.284 e. The van der Waals surface area contributed by atoms with Crippen molar-refractivity contribution in [1.82, 2.24) is 29.4 Å². The number of aromatic nitrogens is 5. The number of amides is 1. The van der Waals surface area contributed by atoms with Crippen molar-refractivity contribution in [3.63, 3.8) is 0 Å². The second-order valence-electron chi connectivity index (χ2n) is 7.75. The van der Waals surface area contributed by atoms with Crippen LogP contribution in [0.15, 0.2) is 29.3 Å². The van der Waals surface area contributed by atoms with Crippen molar-refractivity contribution in [3.8, 4) is 5.69 Å². The summed E-state index contributed by atoms with van der Waals surface area (Å²) in [6.07, 6.45) is 1.33. The van der Waals surface area contributed by atoms with Crippen LogP contribution in [0.1, 0.15) is 25.0 Å². The number of carbonyl (C=O) groups excluding carboxylic acids is 1. The van der Waals surface area contributed by atoms with Gasteiger partial charge in [0, 0.05) is 13.1 Å². The third kappa shape index (κ3) is 3.77. The Kier molecular flexibility index (Phi) is 4.91. The van der Waals surface area contributed by atoms with E-state index in [4.69, 9.17) is 4.74 Å². The summed E-state index contributed by atoms with van der Waals surface area (Å²) in [5.74, 6) is -0.142. The zero-order valence-electron chi connectivity index (χ0n) is 17.0. The van der Waals surface area contributed by atoms with Gasteiger partial charge in [-0.25, -0.2) is 4.98 Å². The lowest BCUT2D eigenvalue weighted by molar-refractivity contribution is -0.143. The second kappa shape index (κ2) is 7.40. The number of aryl methyl sites for hydroxylation is 2. The first-order valence-corrected chi connectivity index (χ1v) is 9.64. The van der Waals surface area contributed by atoms with Gasteiger partial charge in [-0.05, 0) is 51.0 Å². The fraction of sp³-hybridized carbons (Fsp3) is 0.450. The van der Waals surface area contributed by atoms with Gasteiger partial charge in [0.15, 0.2) is 11.2 Å². The Hall–Kier alpha value is -3.07. The lowest BCUT2D eigenvalue weighted by Gasteiger charge is -2.35. The first kappa shape index (κ1) is 19.3. The highest BCUT2D eigenvalue weighted by molar-refractivity contribution is 5.77. The largest absolute Gasteiger partial charge is 0.372 e. The minimum absolute atomic E-state index is 0.0299. The molecule has 2 aromatic heterocycles. The third-order valence-corrected chi connectivity index (χ3v) is 4.96. The minimum atomic E-state index is -0.381. The maximum Gasteiger partial charge on any atom is 0.284 e. The van der Waals surface area contributed by atoms with Crippen LogP contribution in [0.3, 0.4) is 0 Å². The highest BCUT2D eigenvalue weighted by Gasteiger charge is 2.26. The molecular formula is C20H24N6O3. The summed E-state index contributed by atoms with van der Waals surface area (Å²) >= 11 is 0. The fourth-order valence-electron chi connectivity index (χ4n) is 3.83. The Morgan fingerprint density at radius 2 is 1.79 bits per heavy atom. The molecular weight excluding hydrogens is 372 g/mol. The minimum Gasteiger partial charge on any atom is -0.372 e. The van der Waals surface area contributed by atoms with E-state index in [0.717, 1.165) is 16.8 Å². The molecule has 9 nitrogen and oxygen atoms in total. The van der Waals surface area contributed by atoms with Crippen LogP contribution in [0.5, 0.6) is 0 Å². The summed E-state index contributed by atoms with van der Waals surface area (Å²) in [6.45, 7) is 8.79. The number of morpholine rings is 1. The molecule has 9 heteroatoms. The van der Waals surface area contributed by atoms with Crippen LogP contribution in [0, 0.1) is 13.8 Å². The van der Waals surface area contributed by atoms with Gasteiger partial charge in [0.2, 0.25) is 5.91 Å². The number of ether oxygens (including phenoxy) is 1. The molecule has 0 spiro atoms. The molecule has 4 rings (SSSR count). The first-order chi connectivity index (χ1) is 13.8. The Morgan fingerprint density at radius 3 is 2.45 bits per heavy atom. The number of carbonyl (C=O) groups is 1. The lowest BCUT2D eigenvalue weighted by atomic mass is 10.1. The average Bonchev–Trinajstić information content (AvgIpc) is 3.07. The quantitative estimate of drug-likeness (QED) is 0.661. The molecule has 0 radical (unpaired) electrons. The molecule has 2 atom stereocenters. The molecule has 1 fully saturated rings. The summed E-state index contributed by atoms with van der Waals surface area (Å²) in [6, 6.07) is 5.97. The molecule has 0 bridgehead atoms. The summed E-state index contributed by atoms with van der Waals surface area (Å²) in [5.41, 5.74) is 3.09. The van der Waals surface area contributed by atoms with E-state index < -0.39 is 0 Å². The van der Waals surface area contributed by atoms with Gasteiger partial charge in [-0.1, -0.05) is 11.3 Å². The molecule has 1 amide bonds. The van der Waals surface area contributed by atoms with Crippen molar-refractivity contribution in [1.29, 1.82) is 0 Å². The van der Waals surface area contributed by atoms with Gasteiger partial charge >= 0.3 is 0 Å². The molecule has 3 aromatic rings. The van der Waals surface area contributed by atoms with E-state index in [1.807, 2.05) is 39.8 Å². The van der Waals surface area contributed by atoms with Gasteiger partial charge in [0.05, 0.1) is 17.9 Å². The van der Waals surface area contributed by atoms with Gasteiger partial charge in [-0.15, -0.1) is 5.10 Å². The predicted molar refractivity (Wildman–Crippen MR) is 107 cm³/mol. The van der Waals surface area contributed by atoms with Crippen molar-refractivity contribution in [2.75, 3.05) is 13.1 Å². The molecule has 1 aliphatic heterocycles. The maximum atomic E-state index is 12.9. The molecule has 3 heterocycles. The van der Waals surface area contributed by atoms with Crippen LogP contribution in [-0.2, 0) is 16.1 Å². The molecule has 0 saturated carbocycles. The molecule has 0 N–H and O–H groups in total. The van der Waals surface area contributed by atoms with E-state index in [-0.39, 0.29) is 35.7 Å². The Labute approximate surface area is 167 Å². The highest BCUT2D eigenvalue weighted by Crippen LogP contribution is 2.16. The highest BCUT2D eigenvalue weighted by atomic mass is 16.5. The van der Waals surface area contributed by atoms with Crippen LogP contribution in [0.4, 0.5) is 0 Å². The number of rotatable bonds is 3. The van der Waals surface area contributed by atoms with E-state index in [0.29, 0.717) is 18.7 Å². The van der Waals surface area contributed by atoms with E-state index in [9.17, 15) is 9.59 Å². The Balaban J connectivity index is 1.64. The molecule has 29 heavy (non-hydrogen) atoms. The first-order valence-electron chi connectivity index (χ1n) is 9.64. The second-order valence-corrected chi connectivity index (χ2v) is 7.75. The summed E-state index contributed by atoms with van der Waals surface area (Å²) in [4.78, 5) is 31.7. The van der Waals surface area contributed by atoms with Gasteiger partial charge in [0.25, 0.3) is 5.56 Å². The van der Waals surface area contributed by atoms with Crippen molar-refractivity contribution >= 4 is 17.1 Å². The Bertz CT molecular complexity index is 1100. The topological polar surface area (TPSA) is 95.1 Å². The average molecular weight is 396 g/mol. The molecule has 1 aromatic carbocycles. The molecule has 0 aliphatic carbocycles. The van der Waals surface area contributed by atoms with E-state index in [1.54, 1.807) is 9.58 Å². The van der Waals surface area contributed by atoms with E-state index in [1.165, 1.54) is 10.9 Å². The molecule has 1 saturated heterocycles. The normalized spacial score (nSPS) is 19.7. The third-order valence-electron chi connectivity index (χ3n) is 4.96. The van der Waals surface area contributed by atoms with Gasteiger partial charge in [-0.3, -0.25) is 14.2 Å². The van der Waals surface area contributed by atoms with Crippen LogP contribution in [0.25, 0.3) is 16.9 Å². The van der Waals surface area contributed by atoms with Gasteiger partial charge < -0.3 is 9.64 Å². The zero-order chi connectivity index (χ0) is 20.7. The standard InChI is InChI=1S/C20H24N6O3/c1-12-5-13(2)7-16(6-12)26-19-18(22-23-26)20(28)25(11-21-19)10-17(27)24-8-14(3)29-15(4)9-24/h5-7,11,14-15H,8-10H2,1-4H3/t14-,15-/m1/s1. The molecule has 152 valence electrons. The van der Waals surface area contributed by atoms with Crippen LogP contribution >= 0.6 is 0 Å². The monoisotopic (exact) mass is 396 g/mol. The summed E-state index contributed by atoms with van der Waals surface area (Å²) < 4.78 is 8.50. The maximum absolute atomic E-state index is 12.9. The number of benzene rings is 1. The van der Waals surface area contributed by atoms with Gasteiger partial charge in [0.1, 0.15) is 12.9 Å². The molecule has 1 aliphatic rings. The number of hydrogen-bond acceptors (Lipinski definition) is 6. The van der Waals surface area contributed by atoms with Crippen molar-refractivity contribution in [3.05, 3.63) is 46.0 Å². The van der Waals surface area contributed by atoms with E-state index >= 15 is 0 Å². The summed E-state index contributed by atoms with van der Waals surface area (Å²) in [5, 5.41) is 8.15. The van der Waals surface area contributed by atoms with Crippen molar-refractivity contribution in [2.45, 2.75) is 46.4 Å². The van der Waals surface area contributed by atoms with Gasteiger partial charge in [-0.2, -0.15) is 4.68 Å². The number of fused-ring (bicyclic) bond motifs is 1. The Morgan fingerprint density at radius 1 is 1.14 bits per heavy atom. The SMILES string of the molecule is Cc1cc(C)cc(-n2nnc3c(=O)n(CC(=O)N4C[C@@H](C)O[C@H](C)C4)cnc32)c1. The fourth-order valence-corrected chi connectivity index (χ4v) is 3.83. The van der Waals surface area contributed by atoms with Crippen LogP contribution in [-0.4, -0.2) is 60.6 Å². The zero-order valence-corrected chi connectivity index (χ0v) is 17.0. The van der Waals surface area contributed by atoms with E-state index in [2.05, 4.69) is 21.4 Å². The molecule has 0 unspecified atom stereocenters. The predicted octanol–water partition coefficient (Wildman–Crippen LogP) is 1.23. The number of hydrogen-bond donors (Lipinski definition) is 0.